The van der Waals surface area contributed by atoms with E-state index >= 15 is 0 Å². The Bertz CT molecular complexity index is 869. The van der Waals surface area contributed by atoms with Crippen molar-refractivity contribution in [2.75, 3.05) is 34.4 Å². The molecule has 2 aromatic rings. The molecule has 1 aromatic carbocycles. The molecule has 0 unspecified atom stereocenters. The van der Waals surface area contributed by atoms with Crippen LogP contribution in [0.2, 0.25) is 0 Å². The monoisotopic (exact) mass is 400 g/mol. The summed E-state index contributed by atoms with van der Waals surface area (Å²) in [4.78, 5) is 7.43. The fourth-order valence-corrected chi connectivity index (χ4v) is 5.26. The van der Waals surface area contributed by atoms with Crippen molar-refractivity contribution in [1.29, 1.82) is 0 Å². The number of methoxy groups -OCH3 is 2. The van der Waals surface area contributed by atoms with Crippen molar-refractivity contribution < 1.29 is 14.6 Å². The highest BCUT2D eigenvalue weighted by Crippen LogP contribution is 2.40. The molecule has 1 fully saturated rings. The zero-order valence-electron chi connectivity index (χ0n) is 16.8. The molecule has 0 aliphatic carbocycles. The summed E-state index contributed by atoms with van der Waals surface area (Å²) in [5.74, 6) is 1.50. The molecule has 0 spiro atoms. The predicted molar refractivity (Wildman–Crippen MR) is 113 cm³/mol. The normalized spacial score (nSPS) is 18.0. The first kappa shape index (κ1) is 19.3. The topological polar surface area (TPSA) is 45.2 Å². The number of hydrogen-bond donors (Lipinski definition) is 1. The predicted octanol–water partition coefficient (Wildman–Crippen LogP) is 3.56. The molecule has 0 radical (unpaired) electrons. The van der Waals surface area contributed by atoms with Gasteiger partial charge in [0.15, 0.2) is 11.5 Å². The van der Waals surface area contributed by atoms with Crippen LogP contribution in [0.15, 0.2) is 30.5 Å². The Morgan fingerprint density at radius 1 is 1.11 bits per heavy atom. The highest BCUT2D eigenvalue weighted by atomic mass is 32.1. The zero-order valence-corrected chi connectivity index (χ0v) is 17.6. The summed E-state index contributed by atoms with van der Waals surface area (Å²) in [5, 5.41) is 9.74. The molecule has 6 heteroatoms. The molecule has 1 N–H and O–H groups in total. The van der Waals surface area contributed by atoms with E-state index in [2.05, 4.69) is 41.2 Å². The SMILES string of the molecule is COc1ccc(C2=CN(C)Cc3cc(CN4CCC(O)CC4)sc32)cc1OC. The molecule has 5 nitrogen and oxygen atoms in total. The fourth-order valence-electron chi connectivity index (χ4n) is 4.01. The Balaban J connectivity index is 1.61. The number of likely N-dealkylation sites (tertiary alicyclic amines) is 1. The Labute approximate surface area is 170 Å². The highest BCUT2D eigenvalue weighted by Gasteiger charge is 2.23. The number of piperidine rings is 1. The van der Waals surface area contributed by atoms with Gasteiger partial charge in [0.1, 0.15) is 0 Å². The van der Waals surface area contributed by atoms with Crippen LogP contribution in [0.25, 0.3) is 5.57 Å². The Morgan fingerprint density at radius 3 is 2.57 bits per heavy atom. The minimum Gasteiger partial charge on any atom is -0.493 e. The number of ether oxygens (including phenoxy) is 2. The first-order valence-corrected chi connectivity index (χ1v) is 10.6. The number of thiophene rings is 1. The zero-order chi connectivity index (χ0) is 19.7. The van der Waals surface area contributed by atoms with E-state index in [1.54, 1.807) is 14.2 Å². The quantitative estimate of drug-likeness (QED) is 0.832. The maximum absolute atomic E-state index is 9.74. The molecule has 0 saturated carbocycles. The van der Waals surface area contributed by atoms with Gasteiger partial charge in [0.25, 0.3) is 0 Å². The molecule has 3 heterocycles. The van der Waals surface area contributed by atoms with E-state index in [1.807, 2.05) is 17.4 Å². The van der Waals surface area contributed by atoms with Gasteiger partial charge in [-0.1, -0.05) is 6.07 Å². The smallest absolute Gasteiger partial charge is 0.161 e. The van der Waals surface area contributed by atoms with Gasteiger partial charge in [0, 0.05) is 54.8 Å². The standard InChI is InChI=1S/C22H28N2O3S/c1-23-12-16-10-18(13-24-8-6-17(25)7-9-24)28-22(16)19(14-23)15-4-5-20(26-2)21(11-15)27-3/h4-5,10-11,14,17,25H,6-9,12-13H2,1-3H3. The molecule has 0 atom stereocenters. The van der Waals surface area contributed by atoms with Crippen molar-refractivity contribution in [3.63, 3.8) is 0 Å². The summed E-state index contributed by atoms with van der Waals surface area (Å²) in [5.41, 5.74) is 3.75. The molecule has 1 aromatic heterocycles. The van der Waals surface area contributed by atoms with E-state index in [-0.39, 0.29) is 6.10 Å². The second kappa shape index (κ2) is 8.15. The van der Waals surface area contributed by atoms with Gasteiger partial charge in [0.2, 0.25) is 0 Å². The van der Waals surface area contributed by atoms with Crippen LogP contribution >= 0.6 is 11.3 Å². The van der Waals surface area contributed by atoms with E-state index in [4.69, 9.17) is 9.47 Å². The number of benzene rings is 1. The summed E-state index contributed by atoms with van der Waals surface area (Å²) in [6, 6.07) is 8.48. The molecule has 1 saturated heterocycles. The van der Waals surface area contributed by atoms with Gasteiger partial charge in [-0.25, -0.2) is 0 Å². The highest BCUT2D eigenvalue weighted by molar-refractivity contribution is 7.13. The first-order chi connectivity index (χ1) is 13.6. The average molecular weight is 401 g/mol. The number of aliphatic hydroxyl groups is 1. The van der Waals surface area contributed by atoms with Crippen LogP contribution in [0.1, 0.15) is 33.7 Å². The molecule has 4 rings (SSSR count). The Kier molecular flexibility index (Phi) is 5.62. The van der Waals surface area contributed by atoms with Crippen LogP contribution < -0.4 is 9.47 Å². The van der Waals surface area contributed by atoms with Crippen molar-refractivity contribution in [3.8, 4) is 11.5 Å². The lowest BCUT2D eigenvalue weighted by molar-refractivity contribution is 0.0797. The minimum absolute atomic E-state index is 0.124. The molecule has 2 aliphatic heterocycles. The van der Waals surface area contributed by atoms with Crippen LogP contribution in [0, 0.1) is 0 Å². The van der Waals surface area contributed by atoms with Gasteiger partial charge in [-0.2, -0.15) is 0 Å². The van der Waals surface area contributed by atoms with Gasteiger partial charge in [-0.05, 0) is 42.2 Å². The summed E-state index contributed by atoms with van der Waals surface area (Å²) >= 11 is 1.89. The van der Waals surface area contributed by atoms with Crippen LogP contribution in [0.4, 0.5) is 0 Å². The van der Waals surface area contributed by atoms with Gasteiger partial charge in [-0.15, -0.1) is 11.3 Å². The first-order valence-electron chi connectivity index (χ1n) is 9.74. The van der Waals surface area contributed by atoms with Crippen LogP contribution in [-0.4, -0.2) is 55.4 Å². The third kappa shape index (κ3) is 3.90. The van der Waals surface area contributed by atoms with Crippen molar-refractivity contribution in [1.82, 2.24) is 9.80 Å². The number of rotatable bonds is 5. The van der Waals surface area contributed by atoms with E-state index < -0.39 is 0 Å². The Morgan fingerprint density at radius 2 is 1.86 bits per heavy atom. The lowest BCUT2D eigenvalue weighted by atomic mass is 9.99. The molecule has 0 amide bonds. The van der Waals surface area contributed by atoms with Gasteiger partial charge in [0.05, 0.1) is 20.3 Å². The van der Waals surface area contributed by atoms with E-state index in [1.165, 1.54) is 20.9 Å². The summed E-state index contributed by atoms with van der Waals surface area (Å²) in [6.45, 7) is 3.85. The maximum Gasteiger partial charge on any atom is 0.161 e. The second-order valence-corrected chi connectivity index (χ2v) is 8.74. The van der Waals surface area contributed by atoms with Gasteiger partial charge in [-0.3, -0.25) is 4.90 Å². The van der Waals surface area contributed by atoms with Crippen LogP contribution in [-0.2, 0) is 13.1 Å². The summed E-state index contributed by atoms with van der Waals surface area (Å²) < 4.78 is 10.9. The number of aliphatic hydroxyl groups excluding tert-OH is 1. The lowest BCUT2D eigenvalue weighted by Gasteiger charge is -2.28. The molecule has 2 aliphatic rings. The second-order valence-electron chi connectivity index (χ2n) is 7.60. The number of hydrogen-bond acceptors (Lipinski definition) is 6. The largest absolute Gasteiger partial charge is 0.493 e. The molecule has 28 heavy (non-hydrogen) atoms. The molecule has 0 bridgehead atoms. The van der Waals surface area contributed by atoms with E-state index in [0.29, 0.717) is 0 Å². The maximum atomic E-state index is 9.74. The fraction of sp³-hybridized carbons (Fsp3) is 0.455. The van der Waals surface area contributed by atoms with Gasteiger partial charge < -0.3 is 19.5 Å². The van der Waals surface area contributed by atoms with Crippen molar-refractivity contribution >= 4 is 16.9 Å². The average Bonchev–Trinajstić information content (AvgIpc) is 3.10. The van der Waals surface area contributed by atoms with Crippen LogP contribution in [0.5, 0.6) is 11.5 Å². The molecular formula is C22H28N2O3S. The summed E-state index contributed by atoms with van der Waals surface area (Å²) in [6.07, 6.45) is 3.86. The molecular weight excluding hydrogens is 372 g/mol. The Hall–Kier alpha value is -2.02. The third-order valence-electron chi connectivity index (χ3n) is 5.50. The van der Waals surface area contributed by atoms with Crippen LogP contribution in [0.3, 0.4) is 0 Å². The third-order valence-corrected chi connectivity index (χ3v) is 6.70. The van der Waals surface area contributed by atoms with E-state index in [0.717, 1.165) is 56.1 Å². The minimum atomic E-state index is -0.124. The lowest BCUT2D eigenvalue weighted by Crippen LogP contribution is -2.35. The van der Waals surface area contributed by atoms with Crippen molar-refractivity contribution in [2.24, 2.45) is 0 Å². The molecule has 150 valence electrons. The van der Waals surface area contributed by atoms with E-state index in [9.17, 15) is 5.11 Å². The van der Waals surface area contributed by atoms with Crippen molar-refractivity contribution in [2.45, 2.75) is 32.0 Å². The number of fused-ring (bicyclic) bond motifs is 1. The summed E-state index contributed by atoms with van der Waals surface area (Å²) in [7, 11) is 5.45. The van der Waals surface area contributed by atoms with Gasteiger partial charge >= 0.3 is 0 Å². The number of nitrogens with zero attached hydrogens (tertiary/aromatic N) is 2. The van der Waals surface area contributed by atoms with Crippen molar-refractivity contribution in [3.05, 3.63) is 51.3 Å².